The second-order valence-electron chi connectivity index (χ2n) is 7.22. The molecule has 0 aliphatic rings. The number of nitrogens with zero attached hydrogens (tertiary/aromatic N) is 1. The maximum absolute atomic E-state index is 14.0. The van der Waals surface area contributed by atoms with Crippen LogP contribution in [-0.2, 0) is 6.61 Å². The Hall–Kier alpha value is -3.64. The molecule has 0 aliphatic heterocycles. The molecule has 176 valence electrons. The number of aryl methyl sites for hydroxylation is 1. The van der Waals surface area contributed by atoms with Crippen molar-refractivity contribution in [2.75, 3.05) is 0 Å². The minimum absolute atomic E-state index is 0.102. The summed E-state index contributed by atoms with van der Waals surface area (Å²) in [6.45, 7) is 5.80. The molecule has 0 unspecified atom stereocenters. The van der Waals surface area contributed by atoms with E-state index in [-0.39, 0.29) is 17.7 Å². The molecule has 0 spiro atoms. The zero-order valence-corrected chi connectivity index (χ0v) is 19.7. The van der Waals surface area contributed by atoms with Gasteiger partial charge in [-0.15, -0.1) is 0 Å². The van der Waals surface area contributed by atoms with Crippen molar-refractivity contribution in [2.45, 2.75) is 27.4 Å². The summed E-state index contributed by atoms with van der Waals surface area (Å²) in [6.07, 6.45) is 0. The highest BCUT2D eigenvalue weighted by Crippen LogP contribution is 2.36. The fraction of sp³-hybridized carbons (Fsp3) is 0.148. The van der Waals surface area contributed by atoms with Gasteiger partial charge in [0.15, 0.2) is 0 Å². The Kier molecular flexibility index (Phi) is 8.08. The van der Waals surface area contributed by atoms with E-state index in [2.05, 4.69) is 0 Å². The maximum atomic E-state index is 14.0. The van der Waals surface area contributed by atoms with Gasteiger partial charge in [-0.25, -0.2) is 13.6 Å². The highest BCUT2D eigenvalue weighted by atomic mass is 35.5. The topological polar surface area (TPSA) is 51.5 Å². The van der Waals surface area contributed by atoms with E-state index in [1.807, 2.05) is 43.5 Å². The Morgan fingerprint density at radius 2 is 1.76 bits per heavy atom. The van der Waals surface area contributed by atoms with Gasteiger partial charge in [0.1, 0.15) is 24.0 Å². The standard InChI is InChI=1S/C25H18ClF2NO3.C2H6/c1-15-5-9-23(29(15)20-4-2-3-16(11-20)25(30)31)21-12-18(26)7-10-24(21)32-14-17-6-8-19(27)13-22(17)28;1-2/h2-13H,14H2,1H3,(H,30,31);1-2H3. The van der Waals surface area contributed by atoms with E-state index in [0.717, 1.165) is 17.5 Å². The third kappa shape index (κ3) is 5.46. The van der Waals surface area contributed by atoms with Crippen LogP contribution in [0.5, 0.6) is 5.75 Å². The van der Waals surface area contributed by atoms with Crippen LogP contribution in [-0.4, -0.2) is 15.6 Å². The zero-order valence-electron chi connectivity index (χ0n) is 19.0. The molecule has 0 amide bonds. The summed E-state index contributed by atoms with van der Waals surface area (Å²) in [5.74, 6) is -1.92. The lowest BCUT2D eigenvalue weighted by Crippen LogP contribution is -2.04. The van der Waals surface area contributed by atoms with Gasteiger partial charge >= 0.3 is 5.97 Å². The van der Waals surface area contributed by atoms with E-state index >= 15 is 0 Å². The van der Waals surface area contributed by atoms with E-state index in [9.17, 15) is 18.7 Å². The van der Waals surface area contributed by atoms with Gasteiger partial charge in [-0.2, -0.15) is 0 Å². The van der Waals surface area contributed by atoms with Gasteiger partial charge in [0.05, 0.1) is 11.3 Å². The molecule has 7 heteroatoms. The third-order valence-electron chi connectivity index (χ3n) is 5.04. The summed E-state index contributed by atoms with van der Waals surface area (Å²) in [6, 6.07) is 18.7. The predicted octanol–water partition coefficient (Wildman–Crippen LogP) is 7.69. The first kappa shape index (κ1) is 25.0. The fourth-order valence-electron chi connectivity index (χ4n) is 3.49. The molecule has 0 fully saturated rings. The Balaban J connectivity index is 0.00000158. The van der Waals surface area contributed by atoms with E-state index in [1.54, 1.807) is 30.3 Å². The Bertz CT molecular complexity index is 1320. The van der Waals surface area contributed by atoms with E-state index in [1.165, 1.54) is 18.2 Å². The molecule has 4 rings (SSSR count). The van der Waals surface area contributed by atoms with E-state index < -0.39 is 17.6 Å². The number of ether oxygens (including phenoxy) is 1. The summed E-state index contributed by atoms with van der Waals surface area (Å²) in [7, 11) is 0. The van der Waals surface area contributed by atoms with Gasteiger partial charge in [-0.05, 0) is 67.6 Å². The largest absolute Gasteiger partial charge is 0.488 e. The lowest BCUT2D eigenvalue weighted by Gasteiger charge is -2.17. The number of aromatic carboxylic acids is 1. The van der Waals surface area contributed by atoms with Crippen LogP contribution in [0.4, 0.5) is 8.78 Å². The third-order valence-corrected chi connectivity index (χ3v) is 5.28. The van der Waals surface area contributed by atoms with Crippen molar-refractivity contribution in [1.82, 2.24) is 4.57 Å². The maximum Gasteiger partial charge on any atom is 0.335 e. The van der Waals surface area contributed by atoms with Crippen molar-refractivity contribution in [3.05, 3.63) is 106 Å². The van der Waals surface area contributed by atoms with Crippen LogP contribution in [0, 0.1) is 18.6 Å². The monoisotopic (exact) mass is 483 g/mol. The Morgan fingerprint density at radius 1 is 1.00 bits per heavy atom. The first-order valence-electron chi connectivity index (χ1n) is 10.7. The van der Waals surface area contributed by atoms with E-state index in [0.29, 0.717) is 22.0 Å². The lowest BCUT2D eigenvalue weighted by molar-refractivity contribution is 0.0697. The quantitative estimate of drug-likeness (QED) is 0.306. The molecule has 1 heterocycles. The van der Waals surface area contributed by atoms with Crippen LogP contribution in [0.15, 0.2) is 72.8 Å². The van der Waals surface area contributed by atoms with Crippen molar-refractivity contribution in [3.63, 3.8) is 0 Å². The lowest BCUT2D eigenvalue weighted by atomic mass is 10.1. The molecule has 34 heavy (non-hydrogen) atoms. The number of carboxylic acid groups (broad SMARTS) is 1. The number of aromatic nitrogens is 1. The molecule has 1 aromatic heterocycles. The fourth-order valence-corrected chi connectivity index (χ4v) is 3.66. The van der Waals surface area contributed by atoms with Gasteiger partial charge in [-0.3, -0.25) is 0 Å². The normalized spacial score (nSPS) is 10.4. The minimum atomic E-state index is -1.02. The Morgan fingerprint density at radius 3 is 2.47 bits per heavy atom. The summed E-state index contributed by atoms with van der Waals surface area (Å²) in [4.78, 5) is 11.4. The first-order valence-corrected chi connectivity index (χ1v) is 11.1. The summed E-state index contributed by atoms with van der Waals surface area (Å²) in [5.41, 5.74) is 3.29. The average molecular weight is 484 g/mol. The smallest absolute Gasteiger partial charge is 0.335 e. The van der Waals surface area contributed by atoms with Crippen LogP contribution in [0.25, 0.3) is 16.9 Å². The molecule has 4 aromatic rings. The number of hydrogen-bond acceptors (Lipinski definition) is 2. The van der Waals surface area contributed by atoms with Gasteiger partial charge in [0.25, 0.3) is 0 Å². The number of benzene rings is 3. The van der Waals surface area contributed by atoms with Crippen molar-refractivity contribution >= 4 is 17.6 Å². The molecule has 0 saturated carbocycles. The number of hydrogen-bond donors (Lipinski definition) is 1. The first-order chi connectivity index (χ1) is 16.3. The van der Waals surface area contributed by atoms with Crippen LogP contribution in [0.1, 0.15) is 35.5 Å². The van der Waals surface area contributed by atoms with Gasteiger partial charge in [0.2, 0.25) is 0 Å². The number of carboxylic acids is 1. The van der Waals surface area contributed by atoms with Crippen LogP contribution in [0.3, 0.4) is 0 Å². The molecule has 0 atom stereocenters. The van der Waals surface area contributed by atoms with Crippen molar-refractivity contribution in [1.29, 1.82) is 0 Å². The highest BCUT2D eigenvalue weighted by molar-refractivity contribution is 6.31. The van der Waals surface area contributed by atoms with Gasteiger partial charge in [0, 0.05) is 33.6 Å². The molecule has 1 N–H and O–H groups in total. The number of carbonyl (C=O) groups is 1. The Labute approximate surface area is 202 Å². The highest BCUT2D eigenvalue weighted by Gasteiger charge is 2.16. The van der Waals surface area contributed by atoms with Crippen molar-refractivity contribution in [2.24, 2.45) is 0 Å². The molecule has 3 aromatic carbocycles. The predicted molar refractivity (Wildman–Crippen MR) is 130 cm³/mol. The van der Waals surface area contributed by atoms with Crippen LogP contribution >= 0.6 is 11.6 Å². The number of rotatable bonds is 6. The second-order valence-corrected chi connectivity index (χ2v) is 7.65. The van der Waals surface area contributed by atoms with Gasteiger partial charge < -0.3 is 14.4 Å². The second kappa shape index (κ2) is 11.0. The van der Waals surface area contributed by atoms with Gasteiger partial charge in [-0.1, -0.05) is 31.5 Å². The van der Waals surface area contributed by atoms with Crippen molar-refractivity contribution < 1.29 is 23.4 Å². The van der Waals surface area contributed by atoms with Crippen LogP contribution < -0.4 is 4.74 Å². The SMILES string of the molecule is CC.Cc1ccc(-c2cc(Cl)ccc2OCc2ccc(F)cc2F)n1-c1cccc(C(=O)O)c1. The molecule has 0 saturated heterocycles. The van der Waals surface area contributed by atoms with E-state index in [4.69, 9.17) is 16.3 Å². The molecule has 0 aliphatic carbocycles. The molecule has 0 radical (unpaired) electrons. The average Bonchev–Trinajstić information content (AvgIpc) is 3.21. The molecule has 4 nitrogen and oxygen atoms in total. The summed E-state index contributed by atoms with van der Waals surface area (Å²) >= 11 is 6.25. The molecular formula is C27H24ClF2NO3. The summed E-state index contributed by atoms with van der Waals surface area (Å²) in [5, 5.41) is 9.84. The number of halogens is 3. The van der Waals surface area contributed by atoms with Crippen molar-refractivity contribution in [3.8, 4) is 22.7 Å². The molecular weight excluding hydrogens is 460 g/mol. The molecule has 0 bridgehead atoms. The zero-order chi connectivity index (χ0) is 24.8. The summed E-state index contributed by atoms with van der Waals surface area (Å²) < 4.78 is 35.0. The minimum Gasteiger partial charge on any atom is -0.488 e. The van der Waals surface area contributed by atoms with Crippen LogP contribution in [0.2, 0.25) is 5.02 Å².